The third kappa shape index (κ3) is 3.95. The lowest BCUT2D eigenvalue weighted by Gasteiger charge is -2.09. The second kappa shape index (κ2) is 7.96. The number of aryl methyl sites for hydroxylation is 1. The zero-order valence-corrected chi connectivity index (χ0v) is 15.8. The van der Waals surface area contributed by atoms with Crippen LogP contribution in [0.25, 0.3) is 33.0 Å². The van der Waals surface area contributed by atoms with Crippen molar-refractivity contribution in [2.45, 2.75) is 12.8 Å². The fourth-order valence-corrected chi connectivity index (χ4v) is 3.49. The third-order valence-electron chi connectivity index (χ3n) is 5.07. The van der Waals surface area contributed by atoms with Crippen LogP contribution in [0.1, 0.15) is 12.0 Å². The minimum Gasteiger partial charge on any atom is -0.206 e. The van der Waals surface area contributed by atoms with Gasteiger partial charge in [0.15, 0.2) is 11.6 Å². The molecular formula is C26H19F3. The Morgan fingerprint density at radius 2 is 1.28 bits per heavy atom. The Morgan fingerprint density at radius 1 is 0.621 bits per heavy atom. The number of fused-ring (bicyclic) bond motifs is 1. The summed E-state index contributed by atoms with van der Waals surface area (Å²) >= 11 is 0. The second-order valence-corrected chi connectivity index (χ2v) is 7.05. The van der Waals surface area contributed by atoms with Crippen molar-refractivity contribution in [1.82, 2.24) is 0 Å². The van der Waals surface area contributed by atoms with Crippen molar-refractivity contribution < 1.29 is 13.2 Å². The van der Waals surface area contributed by atoms with Crippen LogP contribution in [0.2, 0.25) is 0 Å². The SMILES string of the molecule is C=CCCc1ccc2cc(-c3ccc(-c4ccc(F)c(F)c4)c(F)c3)ccc2c1. The van der Waals surface area contributed by atoms with Gasteiger partial charge in [0.25, 0.3) is 0 Å². The number of hydrogen-bond donors (Lipinski definition) is 0. The highest BCUT2D eigenvalue weighted by Gasteiger charge is 2.11. The van der Waals surface area contributed by atoms with Crippen molar-refractivity contribution in [2.24, 2.45) is 0 Å². The van der Waals surface area contributed by atoms with Gasteiger partial charge in [-0.05, 0) is 70.1 Å². The molecule has 4 aromatic rings. The molecule has 0 fully saturated rings. The van der Waals surface area contributed by atoms with Crippen LogP contribution in [0.3, 0.4) is 0 Å². The van der Waals surface area contributed by atoms with E-state index < -0.39 is 17.5 Å². The Bertz CT molecular complexity index is 1210. The molecule has 0 N–H and O–H groups in total. The van der Waals surface area contributed by atoms with Gasteiger partial charge < -0.3 is 0 Å². The van der Waals surface area contributed by atoms with Gasteiger partial charge in [-0.1, -0.05) is 54.6 Å². The first-order valence-electron chi connectivity index (χ1n) is 9.44. The largest absolute Gasteiger partial charge is 0.206 e. The maximum absolute atomic E-state index is 14.7. The van der Waals surface area contributed by atoms with Gasteiger partial charge in [0, 0.05) is 5.56 Å². The highest BCUT2D eigenvalue weighted by molar-refractivity contribution is 5.88. The molecule has 0 saturated heterocycles. The Kier molecular flexibility index (Phi) is 5.22. The van der Waals surface area contributed by atoms with Crippen LogP contribution in [-0.4, -0.2) is 0 Å². The highest BCUT2D eigenvalue weighted by Crippen LogP contribution is 2.30. The summed E-state index contributed by atoms with van der Waals surface area (Å²) in [6.07, 6.45) is 3.80. The lowest BCUT2D eigenvalue weighted by molar-refractivity contribution is 0.509. The molecule has 0 unspecified atom stereocenters. The van der Waals surface area contributed by atoms with E-state index in [1.807, 2.05) is 24.3 Å². The summed E-state index contributed by atoms with van der Waals surface area (Å²) in [5.41, 5.74) is 3.42. The molecule has 4 rings (SSSR count). The van der Waals surface area contributed by atoms with Gasteiger partial charge in [-0.3, -0.25) is 0 Å². The zero-order chi connectivity index (χ0) is 20.4. The average molecular weight is 388 g/mol. The van der Waals surface area contributed by atoms with Crippen LogP contribution >= 0.6 is 0 Å². The van der Waals surface area contributed by atoms with Crippen LogP contribution in [0.5, 0.6) is 0 Å². The molecule has 0 heterocycles. The minimum atomic E-state index is -0.993. The zero-order valence-electron chi connectivity index (χ0n) is 15.8. The highest BCUT2D eigenvalue weighted by atomic mass is 19.2. The minimum absolute atomic E-state index is 0.236. The van der Waals surface area contributed by atoms with Gasteiger partial charge in [0.1, 0.15) is 5.82 Å². The topological polar surface area (TPSA) is 0 Å². The molecule has 3 heteroatoms. The lowest BCUT2D eigenvalue weighted by Crippen LogP contribution is -1.90. The number of hydrogen-bond acceptors (Lipinski definition) is 0. The summed E-state index contributed by atoms with van der Waals surface area (Å²) in [4.78, 5) is 0. The van der Waals surface area contributed by atoms with E-state index in [1.54, 1.807) is 12.1 Å². The normalized spacial score (nSPS) is 11.0. The molecule has 0 aliphatic heterocycles. The summed E-state index contributed by atoms with van der Waals surface area (Å²) in [6, 6.07) is 20.6. The molecule has 0 spiro atoms. The smallest absolute Gasteiger partial charge is 0.159 e. The van der Waals surface area contributed by atoms with Crippen molar-refractivity contribution >= 4 is 10.8 Å². The first-order chi connectivity index (χ1) is 14.0. The first kappa shape index (κ1) is 19.0. The van der Waals surface area contributed by atoms with Crippen LogP contribution in [0, 0.1) is 17.5 Å². The number of rotatable bonds is 5. The van der Waals surface area contributed by atoms with E-state index in [9.17, 15) is 13.2 Å². The van der Waals surface area contributed by atoms with E-state index in [4.69, 9.17) is 0 Å². The van der Waals surface area contributed by atoms with Crippen LogP contribution in [0.15, 0.2) is 85.5 Å². The maximum Gasteiger partial charge on any atom is 0.159 e. The van der Waals surface area contributed by atoms with Crippen LogP contribution < -0.4 is 0 Å². The van der Waals surface area contributed by atoms with Crippen LogP contribution in [0.4, 0.5) is 13.2 Å². The summed E-state index contributed by atoms with van der Waals surface area (Å²) in [5.74, 6) is -2.42. The summed E-state index contributed by atoms with van der Waals surface area (Å²) < 4.78 is 41.3. The van der Waals surface area contributed by atoms with Crippen molar-refractivity contribution in [3.05, 3.63) is 108 Å². The fraction of sp³-hybridized carbons (Fsp3) is 0.0769. The second-order valence-electron chi connectivity index (χ2n) is 7.05. The van der Waals surface area contributed by atoms with Crippen molar-refractivity contribution in [1.29, 1.82) is 0 Å². The average Bonchev–Trinajstić information content (AvgIpc) is 2.73. The molecule has 4 aromatic carbocycles. The van der Waals surface area contributed by atoms with Gasteiger partial charge >= 0.3 is 0 Å². The van der Waals surface area contributed by atoms with E-state index in [2.05, 4.69) is 24.8 Å². The Hall–Kier alpha value is -3.33. The van der Waals surface area contributed by atoms with Gasteiger partial charge in [-0.25, -0.2) is 13.2 Å². The molecule has 0 aliphatic carbocycles. The molecule has 0 amide bonds. The predicted octanol–water partition coefficient (Wildman–Crippen LogP) is 7.71. The van der Waals surface area contributed by atoms with E-state index in [-0.39, 0.29) is 5.56 Å². The van der Waals surface area contributed by atoms with Crippen molar-refractivity contribution in [3.8, 4) is 22.3 Å². The number of allylic oxidation sites excluding steroid dienone is 1. The van der Waals surface area contributed by atoms with Gasteiger partial charge in [0.2, 0.25) is 0 Å². The Labute approximate surface area is 167 Å². The van der Waals surface area contributed by atoms with Crippen molar-refractivity contribution in [2.75, 3.05) is 0 Å². The molecule has 0 atom stereocenters. The maximum atomic E-state index is 14.7. The standard InChI is InChI=1S/C26H19F3/c1-2-3-4-17-5-6-19-14-20(8-7-18(19)13-17)21-9-11-23(25(28)15-21)22-10-12-24(27)26(29)16-22/h2,5-16H,1,3-4H2. The molecular weight excluding hydrogens is 369 g/mol. The summed E-state index contributed by atoms with van der Waals surface area (Å²) in [7, 11) is 0. The molecule has 0 aliphatic rings. The third-order valence-corrected chi connectivity index (χ3v) is 5.07. The molecule has 0 aromatic heterocycles. The quantitative estimate of drug-likeness (QED) is 0.307. The monoisotopic (exact) mass is 388 g/mol. The molecule has 29 heavy (non-hydrogen) atoms. The predicted molar refractivity (Wildman–Crippen MR) is 113 cm³/mol. The summed E-state index contributed by atoms with van der Waals surface area (Å²) in [5, 5.41) is 2.21. The Balaban J connectivity index is 1.67. The fourth-order valence-electron chi connectivity index (χ4n) is 3.49. The van der Waals surface area contributed by atoms with E-state index >= 15 is 0 Å². The van der Waals surface area contributed by atoms with Gasteiger partial charge in [0.05, 0.1) is 0 Å². The number of benzene rings is 4. The van der Waals surface area contributed by atoms with Crippen LogP contribution in [-0.2, 0) is 6.42 Å². The molecule has 0 saturated carbocycles. The molecule has 0 radical (unpaired) electrons. The molecule has 0 nitrogen and oxygen atoms in total. The molecule has 144 valence electrons. The number of halogens is 3. The van der Waals surface area contributed by atoms with E-state index in [1.165, 1.54) is 17.7 Å². The lowest BCUT2D eigenvalue weighted by atomic mass is 9.96. The first-order valence-corrected chi connectivity index (χ1v) is 9.44. The Morgan fingerprint density at radius 3 is 2.03 bits per heavy atom. The van der Waals surface area contributed by atoms with E-state index in [0.29, 0.717) is 5.56 Å². The molecule has 0 bridgehead atoms. The van der Waals surface area contributed by atoms with Crippen molar-refractivity contribution in [3.63, 3.8) is 0 Å². The van der Waals surface area contributed by atoms with Gasteiger partial charge in [-0.15, -0.1) is 6.58 Å². The van der Waals surface area contributed by atoms with Gasteiger partial charge in [-0.2, -0.15) is 0 Å². The summed E-state index contributed by atoms with van der Waals surface area (Å²) in [6.45, 7) is 3.76. The van der Waals surface area contributed by atoms with E-state index in [0.717, 1.165) is 46.9 Å².